The lowest BCUT2D eigenvalue weighted by atomic mass is 10.1. The van der Waals surface area contributed by atoms with Gasteiger partial charge in [-0.25, -0.2) is 8.78 Å². The maximum Gasteiger partial charge on any atom is 0.251 e. The normalized spacial score (nSPS) is 12.4. The first kappa shape index (κ1) is 15.2. The predicted octanol–water partition coefficient (Wildman–Crippen LogP) is 2.59. The van der Waals surface area contributed by atoms with Gasteiger partial charge in [-0.15, -0.1) is 0 Å². The molecule has 6 heteroatoms. The summed E-state index contributed by atoms with van der Waals surface area (Å²) in [7, 11) is 3.72. The fourth-order valence-electron chi connectivity index (χ4n) is 1.95. The van der Waals surface area contributed by atoms with Crippen LogP contribution in [0.25, 0.3) is 0 Å². The molecule has 0 aliphatic carbocycles. The molecule has 1 N–H and O–H groups in total. The van der Waals surface area contributed by atoms with Crippen LogP contribution in [0.5, 0.6) is 0 Å². The topological polar surface area (TPSA) is 45.5 Å². The molecule has 1 atom stereocenters. The largest absolute Gasteiger partial charge is 0.468 e. The minimum atomic E-state index is -1.04. The summed E-state index contributed by atoms with van der Waals surface area (Å²) in [5, 5.41) is 2.69. The Morgan fingerprint density at radius 3 is 2.62 bits per heavy atom. The maximum absolute atomic E-state index is 13.1. The van der Waals surface area contributed by atoms with Crippen molar-refractivity contribution in [3.05, 3.63) is 59.6 Å². The van der Waals surface area contributed by atoms with Crippen LogP contribution < -0.4 is 5.32 Å². The number of nitrogens with one attached hydrogen (secondary N) is 1. The summed E-state index contributed by atoms with van der Waals surface area (Å²) in [5.41, 5.74) is 0.0749. The second-order valence-electron chi connectivity index (χ2n) is 4.83. The van der Waals surface area contributed by atoms with E-state index >= 15 is 0 Å². The standard InChI is InChI=1S/C15H16F2N2O2/c1-19(2)13(14-4-3-7-21-14)9-18-15(20)10-5-6-11(16)12(17)8-10/h3-8,13H,9H2,1-2H3,(H,18,20)/t13-/m0/s1. The van der Waals surface area contributed by atoms with Crippen LogP contribution in [0.2, 0.25) is 0 Å². The summed E-state index contributed by atoms with van der Waals surface area (Å²) in [6.07, 6.45) is 1.56. The highest BCUT2D eigenvalue weighted by Gasteiger charge is 2.18. The highest BCUT2D eigenvalue weighted by Crippen LogP contribution is 2.17. The molecule has 0 aliphatic heterocycles. The van der Waals surface area contributed by atoms with Crippen LogP contribution in [0.3, 0.4) is 0 Å². The molecule has 0 aliphatic rings. The zero-order valence-corrected chi connectivity index (χ0v) is 11.8. The molecule has 4 nitrogen and oxygen atoms in total. The van der Waals surface area contributed by atoms with Gasteiger partial charge in [0.2, 0.25) is 0 Å². The molecule has 1 aromatic heterocycles. The Hall–Kier alpha value is -2.21. The second kappa shape index (κ2) is 6.49. The van der Waals surface area contributed by atoms with Gasteiger partial charge in [0.1, 0.15) is 5.76 Å². The molecule has 0 unspecified atom stereocenters. The van der Waals surface area contributed by atoms with E-state index in [1.54, 1.807) is 12.3 Å². The van der Waals surface area contributed by atoms with Gasteiger partial charge in [-0.3, -0.25) is 9.69 Å². The summed E-state index contributed by atoms with van der Waals surface area (Å²) in [6, 6.07) is 6.49. The summed E-state index contributed by atoms with van der Waals surface area (Å²) < 4.78 is 31.3. The molecule has 1 amide bonds. The van der Waals surface area contributed by atoms with Crippen molar-refractivity contribution in [2.45, 2.75) is 6.04 Å². The van der Waals surface area contributed by atoms with Gasteiger partial charge in [-0.05, 0) is 44.4 Å². The van der Waals surface area contributed by atoms with E-state index in [9.17, 15) is 13.6 Å². The number of carbonyl (C=O) groups is 1. The number of hydrogen-bond acceptors (Lipinski definition) is 3. The Kier molecular flexibility index (Phi) is 4.70. The van der Waals surface area contributed by atoms with Crippen LogP contribution in [-0.4, -0.2) is 31.4 Å². The van der Waals surface area contributed by atoms with Crippen molar-refractivity contribution in [1.29, 1.82) is 0 Å². The Bertz CT molecular complexity index is 612. The van der Waals surface area contributed by atoms with Crippen LogP contribution >= 0.6 is 0 Å². The third-order valence-corrected chi connectivity index (χ3v) is 3.13. The van der Waals surface area contributed by atoms with E-state index < -0.39 is 17.5 Å². The second-order valence-corrected chi connectivity index (χ2v) is 4.83. The molecule has 1 aromatic carbocycles. The average Bonchev–Trinajstić information content (AvgIpc) is 2.95. The van der Waals surface area contributed by atoms with Crippen LogP contribution in [-0.2, 0) is 0 Å². The van der Waals surface area contributed by atoms with Gasteiger partial charge in [0.15, 0.2) is 11.6 Å². The van der Waals surface area contributed by atoms with Gasteiger partial charge in [0.05, 0.1) is 12.3 Å². The number of nitrogens with zero attached hydrogens (tertiary/aromatic N) is 1. The highest BCUT2D eigenvalue weighted by atomic mass is 19.2. The number of benzene rings is 1. The summed E-state index contributed by atoms with van der Waals surface area (Å²) in [6.45, 7) is 0.290. The predicted molar refractivity (Wildman–Crippen MR) is 73.8 cm³/mol. The SMILES string of the molecule is CN(C)[C@@H](CNC(=O)c1ccc(F)c(F)c1)c1ccco1. The molecule has 0 saturated heterocycles. The zero-order valence-electron chi connectivity index (χ0n) is 11.8. The van der Waals surface area contributed by atoms with Gasteiger partial charge in [-0.1, -0.05) is 0 Å². The fourth-order valence-corrected chi connectivity index (χ4v) is 1.95. The number of rotatable bonds is 5. The minimum absolute atomic E-state index is 0.0749. The first-order valence-electron chi connectivity index (χ1n) is 6.42. The molecule has 112 valence electrons. The number of furan rings is 1. The lowest BCUT2D eigenvalue weighted by Crippen LogP contribution is -2.34. The summed E-state index contributed by atoms with van der Waals surface area (Å²) in [4.78, 5) is 13.8. The Balaban J connectivity index is 2.03. The first-order chi connectivity index (χ1) is 9.99. The van der Waals surface area contributed by atoms with Crippen molar-refractivity contribution in [3.63, 3.8) is 0 Å². The third-order valence-electron chi connectivity index (χ3n) is 3.13. The molecule has 21 heavy (non-hydrogen) atoms. The first-order valence-corrected chi connectivity index (χ1v) is 6.42. The number of likely N-dealkylation sites (N-methyl/N-ethyl adjacent to an activating group) is 1. The average molecular weight is 294 g/mol. The van der Waals surface area contributed by atoms with Crippen molar-refractivity contribution >= 4 is 5.91 Å². The van der Waals surface area contributed by atoms with Crippen molar-refractivity contribution < 1.29 is 18.0 Å². The van der Waals surface area contributed by atoms with Crippen LogP contribution in [0.1, 0.15) is 22.2 Å². The molecular weight excluding hydrogens is 278 g/mol. The maximum atomic E-state index is 13.1. The summed E-state index contributed by atoms with van der Waals surface area (Å²) in [5.74, 6) is -1.77. The van der Waals surface area contributed by atoms with Gasteiger partial charge in [0, 0.05) is 12.1 Å². The Morgan fingerprint density at radius 2 is 2.05 bits per heavy atom. The molecule has 1 heterocycles. The molecular formula is C15H16F2N2O2. The quantitative estimate of drug-likeness (QED) is 0.922. The van der Waals surface area contributed by atoms with E-state index in [0.717, 1.165) is 12.1 Å². The van der Waals surface area contributed by atoms with Crippen molar-refractivity contribution in [3.8, 4) is 0 Å². The van der Waals surface area contributed by atoms with E-state index in [2.05, 4.69) is 5.32 Å². The van der Waals surface area contributed by atoms with Gasteiger partial charge >= 0.3 is 0 Å². The minimum Gasteiger partial charge on any atom is -0.468 e. The molecule has 2 aromatic rings. The van der Waals surface area contributed by atoms with Crippen LogP contribution in [0.4, 0.5) is 8.78 Å². The van der Waals surface area contributed by atoms with E-state index in [1.165, 1.54) is 6.07 Å². The smallest absolute Gasteiger partial charge is 0.251 e. The molecule has 0 spiro atoms. The van der Waals surface area contributed by atoms with E-state index in [4.69, 9.17) is 4.42 Å². The lowest BCUT2D eigenvalue weighted by molar-refractivity contribution is 0.0938. The third kappa shape index (κ3) is 3.66. The van der Waals surface area contributed by atoms with E-state index in [0.29, 0.717) is 12.3 Å². The molecule has 2 rings (SSSR count). The fraction of sp³-hybridized carbons (Fsp3) is 0.267. The van der Waals surface area contributed by atoms with Gasteiger partial charge in [0.25, 0.3) is 5.91 Å². The molecule has 0 fully saturated rings. The van der Waals surface area contributed by atoms with E-state index in [1.807, 2.05) is 25.1 Å². The number of halogens is 2. The lowest BCUT2D eigenvalue weighted by Gasteiger charge is -2.22. The monoisotopic (exact) mass is 294 g/mol. The van der Waals surface area contributed by atoms with E-state index in [-0.39, 0.29) is 11.6 Å². The highest BCUT2D eigenvalue weighted by molar-refractivity contribution is 5.94. The number of hydrogen-bond donors (Lipinski definition) is 1. The van der Waals surface area contributed by atoms with Crippen LogP contribution in [0.15, 0.2) is 41.0 Å². The van der Waals surface area contributed by atoms with Crippen LogP contribution in [0, 0.1) is 11.6 Å². The van der Waals surface area contributed by atoms with Crippen molar-refractivity contribution in [1.82, 2.24) is 10.2 Å². The summed E-state index contributed by atoms with van der Waals surface area (Å²) >= 11 is 0. The van der Waals surface area contributed by atoms with Gasteiger partial charge < -0.3 is 9.73 Å². The molecule has 0 radical (unpaired) electrons. The number of carbonyl (C=O) groups excluding carboxylic acids is 1. The van der Waals surface area contributed by atoms with Crippen molar-refractivity contribution in [2.24, 2.45) is 0 Å². The zero-order chi connectivity index (χ0) is 15.4. The molecule has 0 saturated carbocycles. The molecule has 0 bridgehead atoms. The Labute approximate surface area is 121 Å². The van der Waals surface area contributed by atoms with Gasteiger partial charge in [-0.2, -0.15) is 0 Å². The Morgan fingerprint density at radius 1 is 1.29 bits per heavy atom. The number of amides is 1. The van der Waals surface area contributed by atoms with Crippen molar-refractivity contribution in [2.75, 3.05) is 20.6 Å².